The molecule has 0 aromatic carbocycles. The number of carbonyl (C=O) groups excluding carboxylic acids is 1. The second-order valence-electron chi connectivity index (χ2n) is 7.86. The number of carbonyl (C=O) groups is 1. The van der Waals surface area contributed by atoms with E-state index in [0.29, 0.717) is 17.3 Å². The van der Waals surface area contributed by atoms with E-state index in [1.165, 1.54) is 25.5 Å². The highest BCUT2D eigenvalue weighted by molar-refractivity contribution is 7.90. The number of sulfone groups is 1. The van der Waals surface area contributed by atoms with Crippen LogP contribution in [0.5, 0.6) is 0 Å². The summed E-state index contributed by atoms with van der Waals surface area (Å²) in [5.74, 6) is 1.69. The van der Waals surface area contributed by atoms with E-state index >= 15 is 0 Å². The highest BCUT2D eigenvalue weighted by Gasteiger charge is 2.58. The van der Waals surface area contributed by atoms with Gasteiger partial charge in [0, 0.05) is 18.1 Å². The largest absolute Gasteiger partial charge is 0.299 e. The Labute approximate surface area is 116 Å². The maximum atomic E-state index is 12.6. The Morgan fingerprint density at radius 3 is 2.21 bits per heavy atom. The molecule has 0 aromatic heterocycles. The molecule has 0 amide bonds. The van der Waals surface area contributed by atoms with Gasteiger partial charge in [-0.3, -0.25) is 4.79 Å². The second-order valence-corrected chi connectivity index (χ2v) is 10.1. The molecule has 19 heavy (non-hydrogen) atoms. The number of rotatable bonds is 4. The first-order valence-corrected chi connectivity index (χ1v) is 9.47. The summed E-state index contributed by atoms with van der Waals surface area (Å²) in [6, 6.07) is 0. The van der Waals surface area contributed by atoms with Gasteiger partial charge in [-0.05, 0) is 55.8 Å². The van der Waals surface area contributed by atoms with Gasteiger partial charge >= 0.3 is 0 Å². The molecule has 4 rings (SSSR count). The topological polar surface area (TPSA) is 51.2 Å². The average molecular weight is 284 g/mol. The minimum absolute atomic E-state index is 0.0274. The van der Waals surface area contributed by atoms with Crippen molar-refractivity contribution in [3.05, 3.63) is 0 Å². The minimum atomic E-state index is -3.03. The molecule has 0 spiro atoms. The second kappa shape index (κ2) is 4.06. The Kier molecular flexibility index (Phi) is 2.91. The molecule has 4 saturated carbocycles. The van der Waals surface area contributed by atoms with Gasteiger partial charge in [0.15, 0.2) is 0 Å². The van der Waals surface area contributed by atoms with Crippen molar-refractivity contribution in [1.82, 2.24) is 0 Å². The Balaban J connectivity index is 1.78. The van der Waals surface area contributed by atoms with Crippen molar-refractivity contribution < 1.29 is 13.2 Å². The third kappa shape index (κ3) is 2.48. The first kappa shape index (κ1) is 13.6. The summed E-state index contributed by atoms with van der Waals surface area (Å²) >= 11 is 0. The third-order valence-corrected chi connectivity index (χ3v) is 6.59. The van der Waals surface area contributed by atoms with Crippen LogP contribution >= 0.6 is 0 Å². The molecule has 4 aliphatic rings. The summed E-state index contributed by atoms with van der Waals surface area (Å²) in [5, 5.41) is 0. The summed E-state index contributed by atoms with van der Waals surface area (Å²) < 4.78 is 22.5. The zero-order valence-electron chi connectivity index (χ0n) is 11.9. The van der Waals surface area contributed by atoms with Crippen LogP contribution < -0.4 is 0 Å². The predicted molar refractivity (Wildman–Crippen MR) is 74.6 cm³/mol. The van der Waals surface area contributed by atoms with Gasteiger partial charge in [0.25, 0.3) is 0 Å². The Morgan fingerprint density at radius 2 is 1.74 bits per heavy atom. The fourth-order valence-corrected chi connectivity index (χ4v) is 6.15. The first-order valence-electron chi connectivity index (χ1n) is 7.41. The van der Waals surface area contributed by atoms with Gasteiger partial charge in [0.05, 0.1) is 5.75 Å². The van der Waals surface area contributed by atoms with Crippen molar-refractivity contribution in [3.8, 4) is 0 Å². The van der Waals surface area contributed by atoms with Crippen LogP contribution in [-0.4, -0.2) is 26.2 Å². The van der Waals surface area contributed by atoms with Gasteiger partial charge in [0.2, 0.25) is 0 Å². The standard InChI is InChI=1S/C15H24O3S/c1-14-6-11-5-12(7-14)9-15(8-11,10-14)13(16)3-4-19(2,17)18/h11-12H,3-10H2,1-2H3. The Hall–Kier alpha value is -0.380. The van der Waals surface area contributed by atoms with Crippen molar-refractivity contribution in [1.29, 1.82) is 0 Å². The molecule has 4 heteroatoms. The van der Waals surface area contributed by atoms with Crippen LogP contribution in [-0.2, 0) is 14.6 Å². The lowest BCUT2D eigenvalue weighted by atomic mass is 9.43. The summed E-state index contributed by atoms with van der Waals surface area (Å²) in [7, 11) is -3.03. The van der Waals surface area contributed by atoms with Gasteiger partial charge in [-0.25, -0.2) is 8.42 Å². The Morgan fingerprint density at radius 1 is 1.16 bits per heavy atom. The maximum absolute atomic E-state index is 12.6. The number of Topliss-reactive ketones (excluding diaryl/α,β-unsaturated/α-hetero) is 1. The number of hydrogen-bond acceptors (Lipinski definition) is 3. The predicted octanol–water partition coefficient (Wildman–Crippen LogP) is 2.60. The van der Waals surface area contributed by atoms with E-state index < -0.39 is 9.84 Å². The van der Waals surface area contributed by atoms with Crippen molar-refractivity contribution in [2.24, 2.45) is 22.7 Å². The molecule has 0 aromatic rings. The van der Waals surface area contributed by atoms with E-state index in [-0.39, 0.29) is 23.4 Å². The molecule has 3 nitrogen and oxygen atoms in total. The fourth-order valence-electron chi connectivity index (χ4n) is 5.59. The molecular formula is C15H24O3S. The molecule has 2 unspecified atom stereocenters. The zero-order chi connectivity index (χ0) is 13.9. The van der Waals surface area contributed by atoms with E-state index in [1.54, 1.807) is 0 Å². The van der Waals surface area contributed by atoms with Crippen LogP contribution in [0.25, 0.3) is 0 Å². The van der Waals surface area contributed by atoms with Gasteiger partial charge < -0.3 is 0 Å². The van der Waals surface area contributed by atoms with Gasteiger partial charge in [-0.15, -0.1) is 0 Å². The molecule has 4 aliphatic carbocycles. The molecule has 2 atom stereocenters. The van der Waals surface area contributed by atoms with Crippen molar-refractivity contribution in [2.45, 2.75) is 51.9 Å². The van der Waals surface area contributed by atoms with E-state index in [2.05, 4.69) is 6.92 Å². The molecule has 4 bridgehead atoms. The molecular weight excluding hydrogens is 260 g/mol. The van der Waals surface area contributed by atoms with Crippen molar-refractivity contribution in [2.75, 3.05) is 12.0 Å². The number of ketones is 1. The van der Waals surface area contributed by atoms with Gasteiger partial charge in [0.1, 0.15) is 15.6 Å². The quantitative estimate of drug-likeness (QED) is 0.797. The Bertz CT molecular complexity index is 491. The summed E-state index contributed by atoms with van der Waals surface area (Å²) in [4.78, 5) is 12.6. The van der Waals surface area contributed by atoms with Gasteiger partial charge in [-0.1, -0.05) is 6.92 Å². The van der Waals surface area contributed by atoms with Crippen molar-refractivity contribution >= 4 is 15.6 Å². The zero-order valence-corrected chi connectivity index (χ0v) is 12.8. The van der Waals surface area contributed by atoms with E-state index in [1.807, 2.05) is 0 Å². The monoisotopic (exact) mass is 284 g/mol. The lowest BCUT2D eigenvalue weighted by Crippen LogP contribution is -2.54. The van der Waals surface area contributed by atoms with Crippen LogP contribution in [0, 0.1) is 22.7 Å². The molecule has 0 radical (unpaired) electrons. The SMILES string of the molecule is CC12CC3CC(C1)CC(C(=O)CCS(C)(=O)=O)(C3)C2. The lowest BCUT2D eigenvalue weighted by molar-refractivity contribution is -0.152. The summed E-state index contributed by atoms with van der Waals surface area (Å²) in [5.41, 5.74) is 0.189. The normalized spacial score (nSPS) is 44.5. The van der Waals surface area contributed by atoms with Crippen LogP contribution in [0.3, 0.4) is 0 Å². The van der Waals surface area contributed by atoms with Crippen LogP contribution in [0.2, 0.25) is 0 Å². The third-order valence-electron chi connectivity index (χ3n) is 5.65. The molecule has 0 saturated heterocycles. The smallest absolute Gasteiger partial charge is 0.147 e. The van der Waals surface area contributed by atoms with Crippen molar-refractivity contribution in [3.63, 3.8) is 0 Å². The molecule has 0 heterocycles. The molecule has 108 valence electrons. The van der Waals surface area contributed by atoms with Crippen LogP contribution in [0.15, 0.2) is 0 Å². The summed E-state index contributed by atoms with van der Waals surface area (Å²) in [6.07, 6.45) is 8.39. The highest BCUT2D eigenvalue weighted by atomic mass is 32.2. The fraction of sp³-hybridized carbons (Fsp3) is 0.933. The minimum Gasteiger partial charge on any atom is -0.299 e. The van der Waals surface area contributed by atoms with Gasteiger partial charge in [-0.2, -0.15) is 0 Å². The van der Waals surface area contributed by atoms with E-state index in [0.717, 1.165) is 19.3 Å². The number of hydrogen-bond donors (Lipinski definition) is 0. The summed E-state index contributed by atoms with van der Waals surface area (Å²) in [6.45, 7) is 2.34. The molecule has 0 N–H and O–H groups in total. The van der Waals surface area contributed by atoms with E-state index in [4.69, 9.17) is 0 Å². The molecule has 0 aliphatic heterocycles. The first-order chi connectivity index (χ1) is 8.70. The van der Waals surface area contributed by atoms with Crippen LogP contribution in [0.4, 0.5) is 0 Å². The van der Waals surface area contributed by atoms with E-state index in [9.17, 15) is 13.2 Å². The average Bonchev–Trinajstić information content (AvgIpc) is 2.21. The molecule has 4 fully saturated rings. The van der Waals surface area contributed by atoms with Crippen LogP contribution in [0.1, 0.15) is 51.9 Å². The maximum Gasteiger partial charge on any atom is 0.147 e. The lowest BCUT2D eigenvalue weighted by Gasteiger charge is -2.60. The highest BCUT2D eigenvalue weighted by Crippen LogP contribution is 2.65.